The first-order valence-electron chi connectivity index (χ1n) is 7.14. The minimum absolute atomic E-state index is 1.02. The summed E-state index contributed by atoms with van der Waals surface area (Å²) < 4.78 is 0. The van der Waals surface area contributed by atoms with E-state index in [1.54, 1.807) is 0 Å². The molecule has 15 heavy (non-hydrogen) atoms. The minimum atomic E-state index is 1.02. The maximum Gasteiger partial charge on any atom is -0.00463 e. The van der Waals surface area contributed by atoms with Crippen molar-refractivity contribution in [1.82, 2.24) is 5.32 Å². The molecule has 0 bridgehead atoms. The lowest BCUT2D eigenvalue weighted by Gasteiger charge is -2.18. The van der Waals surface area contributed by atoms with Gasteiger partial charge in [-0.3, -0.25) is 0 Å². The maximum atomic E-state index is 3.58. The number of nitrogens with one attached hydrogen (secondary N) is 1. The van der Waals surface area contributed by atoms with Crippen LogP contribution in [0.15, 0.2) is 0 Å². The lowest BCUT2D eigenvalue weighted by atomic mass is 9.91. The van der Waals surface area contributed by atoms with E-state index in [0.29, 0.717) is 0 Å². The fourth-order valence-electron chi connectivity index (χ4n) is 2.58. The normalized spacial score (nSPS) is 25.0. The van der Waals surface area contributed by atoms with Gasteiger partial charge in [-0.2, -0.15) is 0 Å². The number of hydrogen-bond acceptors (Lipinski definition) is 1. The van der Waals surface area contributed by atoms with Gasteiger partial charge in [0.25, 0.3) is 0 Å². The van der Waals surface area contributed by atoms with Gasteiger partial charge in [-0.05, 0) is 31.8 Å². The van der Waals surface area contributed by atoms with E-state index in [4.69, 9.17) is 0 Å². The molecule has 1 unspecified atom stereocenters. The molecule has 1 saturated heterocycles. The second-order valence-electron chi connectivity index (χ2n) is 5.10. The van der Waals surface area contributed by atoms with Gasteiger partial charge >= 0.3 is 0 Å². The molecule has 1 aliphatic rings. The molecule has 0 saturated carbocycles. The molecule has 0 amide bonds. The van der Waals surface area contributed by atoms with Gasteiger partial charge in [-0.25, -0.2) is 0 Å². The largest absolute Gasteiger partial charge is 0.317 e. The highest BCUT2D eigenvalue weighted by molar-refractivity contribution is 4.64. The van der Waals surface area contributed by atoms with E-state index in [1.165, 1.54) is 77.3 Å². The zero-order valence-corrected chi connectivity index (χ0v) is 10.6. The highest BCUT2D eigenvalue weighted by Gasteiger charge is 2.09. The molecule has 1 nitrogen and oxygen atoms in total. The van der Waals surface area contributed by atoms with E-state index < -0.39 is 0 Å². The van der Waals surface area contributed by atoms with Crippen molar-refractivity contribution in [2.24, 2.45) is 5.92 Å². The Morgan fingerprint density at radius 2 is 1.80 bits per heavy atom. The molecular formula is C14H29N. The lowest BCUT2D eigenvalue weighted by Crippen LogP contribution is -2.20. The molecule has 0 aromatic heterocycles. The van der Waals surface area contributed by atoms with Crippen LogP contribution in [0, 0.1) is 5.92 Å². The predicted octanol–water partition coefficient (Wildman–Crippen LogP) is 4.13. The summed E-state index contributed by atoms with van der Waals surface area (Å²) in [5.74, 6) is 1.02. The average molecular weight is 211 g/mol. The summed E-state index contributed by atoms with van der Waals surface area (Å²) in [5, 5.41) is 3.58. The molecule has 1 heterocycles. The molecule has 1 fully saturated rings. The summed E-state index contributed by atoms with van der Waals surface area (Å²) in [6.45, 7) is 4.81. The molecule has 1 atom stereocenters. The van der Waals surface area contributed by atoms with Gasteiger partial charge < -0.3 is 5.32 Å². The van der Waals surface area contributed by atoms with Gasteiger partial charge in [0.1, 0.15) is 0 Å². The number of hydrogen-bond donors (Lipinski definition) is 1. The van der Waals surface area contributed by atoms with Crippen molar-refractivity contribution in [3.05, 3.63) is 0 Å². The first-order valence-corrected chi connectivity index (χ1v) is 7.14. The van der Waals surface area contributed by atoms with Crippen LogP contribution in [0.3, 0.4) is 0 Å². The van der Waals surface area contributed by atoms with Crippen molar-refractivity contribution in [3.8, 4) is 0 Å². The second kappa shape index (κ2) is 9.21. The van der Waals surface area contributed by atoms with Crippen LogP contribution in [0.25, 0.3) is 0 Å². The van der Waals surface area contributed by atoms with Crippen LogP contribution in [-0.4, -0.2) is 13.1 Å². The Bertz CT molecular complexity index is 121. The van der Waals surface area contributed by atoms with E-state index in [-0.39, 0.29) is 0 Å². The minimum Gasteiger partial charge on any atom is -0.317 e. The van der Waals surface area contributed by atoms with E-state index in [9.17, 15) is 0 Å². The van der Waals surface area contributed by atoms with Crippen LogP contribution in [0.1, 0.15) is 71.1 Å². The van der Waals surface area contributed by atoms with E-state index >= 15 is 0 Å². The first-order chi connectivity index (χ1) is 7.43. The van der Waals surface area contributed by atoms with Crippen LogP contribution < -0.4 is 5.32 Å². The van der Waals surface area contributed by atoms with Gasteiger partial charge in [-0.1, -0.05) is 58.3 Å². The lowest BCUT2D eigenvalue weighted by molar-refractivity contribution is 0.365. The van der Waals surface area contributed by atoms with Crippen LogP contribution in [0.4, 0.5) is 0 Å². The van der Waals surface area contributed by atoms with Crippen molar-refractivity contribution in [2.75, 3.05) is 13.1 Å². The van der Waals surface area contributed by atoms with Crippen molar-refractivity contribution in [3.63, 3.8) is 0 Å². The zero-order chi connectivity index (χ0) is 10.8. The maximum absolute atomic E-state index is 3.58. The summed E-state index contributed by atoms with van der Waals surface area (Å²) in [6.07, 6.45) is 14.4. The number of unbranched alkanes of at least 4 members (excludes halogenated alkanes) is 2. The Balaban J connectivity index is 2.13. The van der Waals surface area contributed by atoms with Crippen molar-refractivity contribution >= 4 is 0 Å². The van der Waals surface area contributed by atoms with Crippen LogP contribution in [0.5, 0.6) is 0 Å². The Hall–Kier alpha value is -0.0400. The molecule has 1 rings (SSSR count). The second-order valence-corrected chi connectivity index (χ2v) is 5.10. The van der Waals surface area contributed by atoms with Gasteiger partial charge in [0.05, 0.1) is 0 Å². The highest BCUT2D eigenvalue weighted by Crippen LogP contribution is 2.21. The zero-order valence-electron chi connectivity index (χ0n) is 10.6. The molecule has 0 aromatic carbocycles. The fourth-order valence-corrected chi connectivity index (χ4v) is 2.58. The SMILES string of the molecule is CCCCCC1CCCCCCNCC1. The van der Waals surface area contributed by atoms with Crippen molar-refractivity contribution in [1.29, 1.82) is 0 Å². The summed E-state index contributed by atoms with van der Waals surface area (Å²) in [5.41, 5.74) is 0. The first kappa shape index (κ1) is 13.0. The monoisotopic (exact) mass is 211 g/mol. The standard InChI is InChI=1S/C14H29N/c1-2-3-6-9-14-10-7-4-5-8-12-15-13-11-14/h14-15H,2-13H2,1H3. The molecule has 0 aromatic rings. The molecule has 1 heteroatoms. The summed E-state index contributed by atoms with van der Waals surface area (Å²) in [6, 6.07) is 0. The molecule has 0 radical (unpaired) electrons. The molecule has 1 N–H and O–H groups in total. The fraction of sp³-hybridized carbons (Fsp3) is 1.00. The van der Waals surface area contributed by atoms with E-state index in [2.05, 4.69) is 12.2 Å². The molecule has 0 aliphatic carbocycles. The van der Waals surface area contributed by atoms with Gasteiger partial charge in [0.2, 0.25) is 0 Å². The van der Waals surface area contributed by atoms with E-state index in [0.717, 1.165) is 5.92 Å². The Kier molecular flexibility index (Phi) is 7.99. The van der Waals surface area contributed by atoms with Gasteiger partial charge in [0.15, 0.2) is 0 Å². The van der Waals surface area contributed by atoms with Crippen molar-refractivity contribution < 1.29 is 0 Å². The summed E-state index contributed by atoms with van der Waals surface area (Å²) in [7, 11) is 0. The Morgan fingerprint density at radius 3 is 2.67 bits per heavy atom. The Labute approximate surface area is 96.0 Å². The third kappa shape index (κ3) is 6.94. The Morgan fingerprint density at radius 1 is 0.933 bits per heavy atom. The quantitative estimate of drug-likeness (QED) is 0.690. The molecule has 90 valence electrons. The van der Waals surface area contributed by atoms with Crippen LogP contribution in [-0.2, 0) is 0 Å². The predicted molar refractivity (Wildman–Crippen MR) is 68.2 cm³/mol. The van der Waals surface area contributed by atoms with E-state index in [1.807, 2.05) is 0 Å². The van der Waals surface area contributed by atoms with Crippen molar-refractivity contribution in [2.45, 2.75) is 71.1 Å². The highest BCUT2D eigenvalue weighted by atomic mass is 14.8. The smallest absolute Gasteiger partial charge is 0.00463 e. The van der Waals surface area contributed by atoms with Crippen LogP contribution in [0.2, 0.25) is 0 Å². The van der Waals surface area contributed by atoms with Gasteiger partial charge in [-0.15, -0.1) is 0 Å². The molecular weight excluding hydrogens is 182 g/mol. The van der Waals surface area contributed by atoms with Gasteiger partial charge in [0, 0.05) is 0 Å². The molecule has 1 aliphatic heterocycles. The third-order valence-electron chi connectivity index (χ3n) is 3.66. The average Bonchev–Trinajstić information content (AvgIpc) is 2.27. The van der Waals surface area contributed by atoms with Crippen LogP contribution >= 0.6 is 0 Å². The molecule has 0 spiro atoms. The topological polar surface area (TPSA) is 12.0 Å². The number of rotatable bonds is 4. The summed E-state index contributed by atoms with van der Waals surface area (Å²) in [4.78, 5) is 0. The summed E-state index contributed by atoms with van der Waals surface area (Å²) >= 11 is 0. The third-order valence-corrected chi connectivity index (χ3v) is 3.66.